The first-order valence-electron chi connectivity index (χ1n) is 9.54. The highest BCUT2D eigenvalue weighted by Gasteiger charge is 2.28. The number of aromatic nitrogens is 4. The van der Waals surface area contributed by atoms with Gasteiger partial charge in [0.25, 0.3) is 0 Å². The van der Waals surface area contributed by atoms with Crippen molar-refractivity contribution in [3.05, 3.63) is 82.0 Å². The number of carbonyl (C=O) groups is 1. The molecule has 0 radical (unpaired) electrons. The van der Waals surface area contributed by atoms with Crippen LogP contribution in [0.1, 0.15) is 34.8 Å². The highest BCUT2D eigenvalue weighted by atomic mass is 19.1. The number of halogens is 1. The third-order valence-electron chi connectivity index (χ3n) is 5.29. The molecule has 0 bridgehead atoms. The summed E-state index contributed by atoms with van der Waals surface area (Å²) in [7, 11) is 0. The number of nitrogens with zero attached hydrogens (tertiary/aromatic N) is 5. The van der Waals surface area contributed by atoms with Gasteiger partial charge in [-0.3, -0.25) is 19.5 Å². The Bertz CT molecular complexity index is 1350. The average molecular weight is 418 g/mol. The van der Waals surface area contributed by atoms with E-state index in [1.807, 2.05) is 12.1 Å². The van der Waals surface area contributed by atoms with Crippen LogP contribution in [0.5, 0.6) is 0 Å². The quantitative estimate of drug-likeness (QED) is 0.393. The fourth-order valence-electron chi connectivity index (χ4n) is 3.80. The first-order valence-corrected chi connectivity index (χ1v) is 9.54. The minimum atomic E-state index is -0.572. The minimum Gasteiger partial charge on any atom is -0.357 e. The fourth-order valence-corrected chi connectivity index (χ4v) is 3.80. The van der Waals surface area contributed by atoms with Gasteiger partial charge in [-0.25, -0.2) is 14.4 Å². The monoisotopic (exact) mass is 418 g/mol. The zero-order chi connectivity index (χ0) is 21.5. The Labute approximate surface area is 174 Å². The van der Waals surface area contributed by atoms with Crippen molar-refractivity contribution in [2.24, 2.45) is 0 Å². The number of fused-ring (bicyclic) bond motifs is 2. The number of Topliss-reactive ketones (excluding diaryl/α,β-unsaturated/α-hetero) is 1. The molecule has 2 aromatic heterocycles. The van der Waals surface area contributed by atoms with E-state index in [2.05, 4.69) is 20.3 Å². The Kier molecular flexibility index (Phi) is 4.39. The lowest BCUT2D eigenvalue weighted by Gasteiger charge is -2.25. The molecule has 0 spiro atoms. The van der Waals surface area contributed by atoms with Crippen molar-refractivity contribution in [1.82, 2.24) is 19.5 Å². The summed E-state index contributed by atoms with van der Waals surface area (Å²) in [6, 6.07) is 11.0. The van der Waals surface area contributed by atoms with Gasteiger partial charge in [-0.1, -0.05) is 24.3 Å². The van der Waals surface area contributed by atoms with E-state index in [0.717, 1.165) is 11.8 Å². The largest absolute Gasteiger partial charge is 0.357 e. The second kappa shape index (κ2) is 7.24. The van der Waals surface area contributed by atoms with E-state index in [1.54, 1.807) is 12.1 Å². The lowest BCUT2D eigenvalue weighted by atomic mass is 9.87. The zero-order valence-corrected chi connectivity index (χ0v) is 16.0. The molecule has 0 aliphatic heterocycles. The molecule has 154 valence electrons. The third kappa shape index (κ3) is 3.27. The summed E-state index contributed by atoms with van der Waals surface area (Å²) in [4.78, 5) is 35.9. The van der Waals surface area contributed by atoms with Gasteiger partial charge in [-0.05, 0) is 24.1 Å². The Hall–Kier alpha value is -4.21. The number of nitrogens with one attached hydrogen (secondary N) is 1. The molecule has 5 rings (SSSR count). The fraction of sp³-hybridized carbons (Fsp3) is 0.143. The highest BCUT2D eigenvalue weighted by molar-refractivity contribution is 5.98. The first-order chi connectivity index (χ1) is 15.0. The van der Waals surface area contributed by atoms with Gasteiger partial charge < -0.3 is 5.32 Å². The van der Waals surface area contributed by atoms with Gasteiger partial charge in [-0.2, -0.15) is 4.98 Å². The van der Waals surface area contributed by atoms with Crippen molar-refractivity contribution in [2.45, 2.75) is 18.9 Å². The summed E-state index contributed by atoms with van der Waals surface area (Å²) in [5, 5.41) is 14.7. The molecule has 9 nitrogen and oxygen atoms in total. The van der Waals surface area contributed by atoms with Crippen LogP contribution in [-0.2, 0) is 0 Å². The molecule has 0 saturated carbocycles. The van der Waals surface area contributed by atoms with Crippen LogP contribution >= 0.6 is 0 Å². The van der Waals surface area contributed by atoms with Crippen LogP contribution in [0.15, 0.2) is 55.0 Å². The summed E-state index contributed by atoms with van der Waals surface area (Å²) in [5.41, 5.74) is 2.04. The SMILES string of the molecule is O=C1CC[C@@H](Nc2nc(-n3cnc4ccc(F)cc43)ncc2[N+](=O)[O-])c2ccccc21. The topological polar surface area (TPSA) is 116 Å². The van der Waals surface area contributed by atoms with Crippen LogP contribution in [0.4, 0.5) is 15.9 Å². The number of hydrogen-bond acceptors (Lipinski definition) is 7. The predicted molar refractivity (Wildman–Crippen MR) is 110 cm³/mol. The van der Waals surface area contributed by atoms with E-state index in [9.17, 15) is 19.3 Å². The molecule has 0 fully saturated rings. The average Bonchev–Trinajstić information content (AvgIpc) is 3.18. The van der Waals surface area contributed by atoms with Gasteiger partial charge in [0.05, 0.1) is 22.0 Å². The van der Waals surface area contributed by atoms with Crippen molar-refractivity contribution < 1.29 is 14.1 Å². The van der Waals surface area contributed by atoms with E-state index >= 15 is 0 Å². The number of ketones is 1. The Morgan fingerprint density at radius 1 is 1.19 bits per heavy atom. The maximum absolute atomic E-state index is 13.7. The van der Waals surface area contributed by atoms with Gasteiger partial charge in [0.1, 0.15) is 18.3 Å². The van der Waals surface area contributed by atoms with Gasteiger partial charge in [0.2, 0.25) is 11.8 Å². The van der Waals surface area contributed by atoms with Crippen LogP contribution in [0.25, 0.3) is 17.0 Å². The van der Waals surface area contributed by atoms with E-state index in [0.29, 0.717) is 29.4 Å². The van der Waals surface area contributed by atoms with Gasteiger partial charge in [0.15, 0.2) is 5.78 Å². The molecule has 0 amide bonds. The van der Waals surface area contributed by atoms with Crippen LogP contribution in [0.2, 0.25) is 0 Å². The lowest BCUT2D eigenvalue weighted by Crippen LogP contribution is -2.22. The Morgan fingerprint density at radius 2 is 2.03 bits per heavy atom. The van der Waals surface area contributed by atoms with Crippen molar-refractivity contribution in [3.63, 3.8) is 0 Å². The first kappa shape index (κ1) is 18.8. The molecule has 1 aliphatic carbocycles. The number of nitro groups is 1. The number of rotatable bonds is 4. The maximum Gasteiger partial charge on any atom is 0.329 e. The highest BCUT2D eigenvalue weighted by Crippen LogP contribution is 2.34. The number of hydrogen-bond donors (Lipinski definition) is 1. The molecule has 1 N–H and O–H groups in total. The van der Waals surface area contributed by atoms with Crippen molar-refractivity contribution in [1.29, 1.82) is 0 Å². The summed E-state index contributed by atoms with van der Waals surface area (Å²) >= 11 is 0. The van der Waals surface area contributed by atoms with Gasteiger partial charge in [0, 0.05) is 18.1 Å². The number of imidazole rings is 1. The normalized spacial score (nSPS) is 15.6. The van der Waals surface area contributed by atoms with Crippen LogP contribution < -0.4 is 5.32 Å². The summed E-state index contributed by atoms with van der Waals surface area (Å²) < 4.78 is 15.2. The van der Waals surface area contributed by atoms with Crippen molar-refractivity contribution in [2.75, 3.05) is 5.32 Å². The molecule has 0 saturated heterocycles. The molecule has 31 heavy (non-hydrogen) atoms. The summed E-state index contributed by atoms with van der Waals surface area (Å²) in [6.07, 6.45) is 3.34. The van der Waals surface area contributed by atoms with Gasteiger partial charge in [-0.15, -0.1) is 0 Å². The summed E-state index contributed by atoms with van der Waals surface area (Å²) in [5.74, 6) is -0.278. The standard InChI is InChI=1S/C21H15FN6O3/c22-12-5-6-16-17(9-12)27(11-24-16)21-23-10-18(28(30)31)20(26-21)25-15-7-8-19(29)14-4-2-1-3-13(14)15/h1-6,9-11,15H,7-8H2,(H,23,25,26)/t15-/m1/s1. The lowest BCUT2D eigenvalue weighted by molar-refractivity contribution is -0.384. The van der Waals surface area contributed by atoms with E-state index in [1.165, 1.54) is 29.1 Å². The van der Waals surface area contributed by atoms with Crippen LogP contribution in [0.3, 0.4) is 0 Å². The zero-order valence-electron chi connectivity index (χ0n) is 16.0. The third-order valence-corrected chi connectivity index (χ3v) is 5.29. The van der Waals surface area contributed by atoms with E-state index < -0.39 is 10.7 Å². The molecule has 2 aromatic carbocycles. The molecule has 10 heteroatoms. The molecule has 0 unspecified atom stereocenters. The number of anilines is 1. The Balaban J connectivity index is 1.58. The Morgan fingerprint density at radius 3 is 2.87 bits per heavy atom. The van der Waals surface area contributed by atoms with Crippen LogP contribution in [-0.4, -0.2) is 30.2 Å². The molecule has 4 aromatic rings. The molecular weight excluding hydrogens is 403 g/mol. The second-order valence-electron chi connectivity index (χ2n) is 7.15. The molecule has 1 atom stereocenters. The van der Waals surface area contributed by atoms with Crippen molar-refractivity contribution >= 4 is 28.3 Å². The van der Waals surface area contributed by atoms with E-state index in [-0.39, 0.29) is 29.3 Å². The smallest absolute Gasteiger partial charge is 0.329 e. The van der Waals surface area contributed by atoms with Crippen molar-refractivity contribution in [3.8, 4) is 5.95 Å². The molecular formula is C21H15FN6O3. The van der Waals surface area contributed by atoms with Crippen LogP contribution in [0, 0.1) is 15.9 Å². The van der Waals surface area contributed by atoms with E-state index in [4.69, 9.17) is 0 Å². The summed E-state index contributed by atoms with van der Waals surface area (Å²) in [6.45, 7) is 0. The predicted octanol–water partition coefficient (Wildman–Crippen LogP) is 3.99. The number of carbonyl (C=O) groups excluding carboxylic acids is 1. The molecule has 2 heterocycles. The minimum absolute atomic E-state index is 0.0161. The van der Waals surface area contributed by atoms with Gasteiger partial charge >= 0.3 is 5.69 Å². The second-order valence-corrected chi connectivity index (χ2v) is 7.15. The number of benzene rings is 2. The molecule has 1 aliphatic rings. The maximum atomic E-state index is 13.7.